The molecule has 0 aliphatic rings. The molecule has 0 saturated carbocycles. The van der Waals surface area contributed by atoms with Crippen LogP contribution in [0.4, 0.5) is 5.69 Å². The van der Waals surface area contributed by atoms with Crippen molar-refractivity contribution < 1.29 is 9.53 Å². The van der Waals surface area contributed by atoms with Crippen LogP contribution in [0.15, 0.2) is 41.8 Å². The number of rotatable bonds is 4. The van der Waals surface area contributed by atoms with Crippen LogP contribution in [0.25, 0.3) is 9.40 Å². The highest BCUT2D eigenvalue weighted by Gasteiger charge is 2.11. The number of ether oxygens (including phenoxy) is 1. The first-order valence-electron chi connectivity index (χ1n) is 6.14. The monoisotopic (exact) mass is 314 g/mol. The molecule has 0 atom stereocenters. The predicted octanol–water partition coefficient (Wildman–Crippen LogP) is 4.12. The van der Waals surface area contributed by atoms with E-state index in [1.165, 1.54) is 11.3 Å². The second kappa shape index (κ2) is 5.95. The minimum Gasteiger partial charge on any atom is -0.479 e. The third-order valence-electron chi connectivity index (χ3n) is 2.78. The number of carbonyl (C=O) groups is 1. The molecule has 0 saturated heterocycles. The van der Waals surface area contributed by atoms with Crippen molar-refractivity contribution in [1.82, 2.24) is 0 Å². The van der Waals surface area contributed by atoms with Gasteiger partial charge in [-0.1, -0.05) is 0 Å². The summed E-state index contributed by atoms with van der Waals surface area (Å²) in [6.45, 7) is 0.0115. The number of carbonyl (C=O) groups excluding carboxylic acids is 1. The highest BCUT2D eigenvalue weighted by atomic mass is 32.1. The second-order valence-electron chi connectivity index (χ2n) is 4.19. The van der Waals surface area contributed by atoms with Crippen molar-refractivity contribution in [2.45, 2.75) is 0 Å². The molecule has 3 rings (SSSR count). The topological polar surface area (TPSA) is 62.1 Å². The average molecular weight is 314 g/mol. The van der Waals surface area contributed by atoms with Gasteiger partial charge in [0.1, 0.15) is 11.8 Å². The zero-order valence-corrected chi connectivity index (χ0v) is 12.5. The smallest absolute Gasteiger partial charge is 0.265 e. The Morgan fingerprint density at radius 3 is 2.76 bits per heavy atom. The minimum absolute atomic E-state index is 0.0115. The largest absolute Gasteiger partial charge is 0.479 e. The fourth-order valence-corrected chi connectivity index (χ4v) is 3.82. The van der Waals surface area contributed by atoms with Gasteiger partial charge in [0.05, 0.1) is 4.88 Å². The van der Waals surface area contributed by atoms with Crippen molar-refractivity contribution in [2.75, 3.05) is 11.9 Å². The van der Waals surface area contributed by atoms with E-state index >= 15 is 0 Å². The number of benzene rings is 1. The Balaban J connectivity index is 1.69. The molecule has 4 nitrogen and oxygen atoms in total. The lowest BCUT2D eigenvalue weighted by molar-refractivity contribution is 0.103. The summed E-state index contributed by atoms with van der Waals surface area (Å²) >= 11 is 3.11. The van der Waals surface area contributed by atoms with Crippen LogP contribution in [0.1, 0.15) is 9.67 Å². The average Bonchev–Trinajstić information content (AvgIpc) is 3.07. The van der Waals surface area contributed by atoms with E-state index < -0.39 is 0 Å². The normalized spacial score (nSPS) is 10.2. The van der Waals surface area contributed by atoms with Crippen LogP contribution in [0, 0.1) is 11.3 Å². The Kier molecular flexibility index (Phi) is 3.86. The number of amides is 1. The van der Waals surface area contributed by atoms with Crippen molar-refractivity contribution in [3.63, 3.8) is 0 Å². The quantitative estimate of drug-likeness (QED) is 0.788. The van der Waals surface area contributed by atoms with Crippen molar-refractivity contribution in [3.05, 3.63) is 46.7 Å². The summed E-state index contributed by atoms with van der Waals surface area (Å²) in [5, 5.41) is 13.3. The summed E-state index contributed by atoms with van der Waals surface area (Å²) in [6.07, 6.45) is 0. The number of fused-ring (bicyclic) bond motifs is 1. The third-order valence-corrected chi connectivity index (χ3v) is 4.87. The molecule has 2 heterocycles. The first kappa shape index (κ1) is 13.6. The maximum absolute atomic E-state index is 12.2. The van der Waals surface area contributed by atoms with Crippen molar-refractivity contribution in [1.29, 1.82) is 5.26 Å². The van der Waals surface area contributed by atoms with Crippen molar-refractivity contribution in [2.24, 2.45) is 0 Å². The third kappa shape index (κ3) is 3.05. The number of hydrogen-bond acceptors (Lipinski definition) is 5. The highest BCUT2D eigenvalue weighted by molar-refractivity contribution is 7.27. The minimum atomic E-state index is -0.117. The van der Waals surface area contributed by atoms with E-state index in [0.717, 1.165) is 9.40 Å². The number of nitrogens with one attached hydrogen (secondary N) is 1. The Morgan fingerprint density at radius 1 is 1.24 bits per heavy atom. The van der Waals surface area contributed by atoms with Gasteiger partial charge >= 0.3 is 0 Å². The molecule has 0 aliphatic carbocycles. The van der Waals surface area contributed by atoms with Gasteiger partial charge in [-0.2, -0.15) is 5.26 Å². The SMILES string of the molecule is N#CCOc1ccc(NC(=O)c2cc3sccc3s2)cc1. The molecule has 0 unspecified atom stereocenters. The van der Waals surface area contributed by atoms with Crippen LogP contribution < -0.4 is 10.1 Å². The molecule has 0 fully saturated rings. The van der Waals surface area contributed by atoms with Crippen LogP contribution in [-0.4, -0.2) is 12.5 Å². The summed E-state index contributed by atoms with van der Waals surface area (Å²) < 4.78 is 7.42. The molecule has 21 heavy (non-hydrogen) atoms. The molecule has 104 valence electrons. The molecular weight excluding hydrogens is 304 g/mol. The van der Waals surface area contributed by atoms with Crippen molar-refractivity contribution in [3.8, 4) is 11.8 Å². The van der Waals surface area contributed by atoms with Gasteiger partial charge in [-0.3, -0.25) is 4.79 Å². The summed E-state index contributed by atoms with van der Waals surface area (Å²) in [4.78, 5) is 12.9. The molecule has 1 aromatic carbocycles. The first-order valence-corrected chi connectivity index (χ1v) is 7.84. The lowest BCUT2D eigenvalue weighted by Gasteiger charge is -2.05. The van der Waals surface area contributed by atoms with E-state index in [2.05, 4.69) is 5.32 Å². The van der Waals surface area contributed by atoms with Gasteiger partial charge in [0.2, 0.25) is 0 Å². The van der Waals surface area contributed by atoms with Crippen LogP contribution in [0.2, 0.25) is 0 Å². The fourth-order valence-electron chi connectivity index (χ4n) is 1.82. The van der Waals surface area contributed by atoms with Gasteiger partial charge in [0.25, 0.3) is 5.91 Å². The molecule has 2 aromatic heterocycles. The predicted molar refractivity (Wildman–Crippen MR) is 85.2 cm³/mol. The Bertz CT molecular complexity index is 784. The van der Waals surface area contributed by atoms with Gasteiger partial charge in [-0.05, 0) is 41.8 Å². The van der Waals surface area contributed by atoms with Crippen LogP contribution >= 0.6 is 22.7 Å². The van der Waals surface area contributed by atoms with E-state index in [9.17, 15) is 4.79 Å². The van der Waals surface area contributed by atoms with E-state index in [-0.39, 0.29) is 12.5 Å². The Hall–Kier alpha value is -2.36. The molecule has 3 aromatic rings. The van der Waals surface area contributed by atoms with E-state index in [4.69, 9.17) is 10.00 Å². The summed E-state index contributed by atoms with van der Waals surface area (Å²) in [7, 11) is 0. The summed E-state index contributed by atoms with van der Waals surface area (Å²) in [5.74, 6) is 0.486. The standard InChI is InChI=1S/C15H10N2O2S2/c16-6-7-19-11-3-1-10(2-4-11)17-15(18)14-9-13-12(21-14)5-8-20-13/h1-5,8-9H,7H2,(H,17,18). The number of thiophene rings is 2. The zero-order valence-electron chi connectivity index (χ0n) is 10.8. The molecule has 0 spiro atoms. The second-order valence-corrected chi connectivity index (χ2v) is 6.22. The number of nitrogens with zero attached hydrogens (tertiary/aromatic N) is 1. The highest BCUT2D eigenvalue weighted by Crippen LogP contribution is 2.30. The first-order chi connectivity index (χ1) is 10.3. The lowest BCUT2D eigenvalue weighted by Crippen LogP contribution is -2.09. The number of anilines is 1. The maximum Gasteiger partial charge on any atom is 0.265 e. The lowest BCUT2D eigenvalue weighted by atomic mass is 10.3. The van der Waals surface area contributed by atoms with E-state index in [1.54, 1.807) is 35.6 Å². The Morgan fingerprint density at radius 2 is 2.05 bits per heavy atom. The number of hydrogen-bond donors (Lipinski definition) is 1. The molecule has 0 bridgehead atoms. The Labute approximate surface area is 129 Å². The zero-order chi connectivity index (χ0) is 14.7. The van der Waals surface area contributed by atoms with Gasteiger partial charge in [0, 0.05) is 15.1 Å². The molecule has 1 N–H and O–H groups in total. The van der Waals surface area contributed by atoms with Gasteiger partial charge < -0.3 is 10.1 Å². The van der Waals surface area contributed by atoms with E-state index in [1.807, 2.05) is 23.6 Å². The molecule has 1 amide bonds. The van der Waals surface area contributed by atoms with Gasteiger partial charge in [0.15, 0.2) is 6.61 Å². The van der Waals surface area contributed by atoms with Crippen LogP contribution in [-0.2, 0) is 0 Å². The molecular formula is C15H10N2O2S2. The van der Waals surface area contributed by atoms with E-state index in [0.29, 0.717) is 16.3 Å². The van der Waals surface area contributed by atoms with Gasteiger partial charge in [-0.25, -0.2) is 0 Å². The summed E-state index contributed by atoms with van der Waals surface area (Å²) in [5.41, 5.74) is 0.695. The summed E-state index contributed by atoms with van der Waals surface area (Å²) in [6, 6.07) is 12.8. The molecule has 0 aliphatic heterocycles. The molecule has 0 radical (unpaired) electrons. The molecule has 6 heteroatoms. The van der Waals surface area contributed by atoms with Crippen molar-refractivity contribution >= 4 is 43.7 Å². The fraction of sp³-hybridized carbons (Fsp3) is 0.0667. The van der Waals surface area contributed by atoms with Crippen LogP contribution in [0.5, 0.6) is 5.75 Å². The van der Waals surface area contributed by atoms with Gasteiger partial charge in [-0.15, -0.1) is 22.7 Å². The maximum atomic E-state index is 12.2. The number of nitriles is 1. The van der Waals surface area contributed by atoms with Crippen LogP contribution in [0.3, 0.4) is 0 Å².